The zero-order valence-electron chi connectivity index (χ0n) is 12.7. The van der Waals surface area contributed by atoms with Gasteiger partial charge in [0.05, 0.1) is 5.56 Å². The highest BCUT2D eigenvalue weighted by molar-refractivity contribution is 5.93. The van der Waals surface area contributed by atoms with Gasteiger partial charge in [0.1, 0.15) is 0 Å². The maximum Gasteiger partial charge on any atom is 0.252 e. The van der Waals surface area contributed by atoms with Crippen LogP contribution in [0.5, 0.6) is 0 Å². The van der Waals surface area contributed by atoms with Crippen molar-refractivity contribution in [3.8, 4) is 0 Å². The summed E-state index contributed by atoms with van der Waals surface area (Å²) in [6, 6.07) is 3.58. The van der Waals surface area contributed by atoms with Gasteiger partial charge in [0.2, 0.25) is 0 Å². The number of aromatic nitrogens is 1. The molecule has 1 aromatic rings. The van der Waals surface area contributed by atoms with Gasteiger partial charge in [-0.2, -0.15) is 0 Å². The molecule has 0 radical (unpaired) electrons. The molecule has 0 aliphatic carbocycles. The molecule has 3 heteroatoms. The molecular weight excluding hydrogens is 248 g/mol. The van der Waals surface area contributed by atoms with E-state index in [1.807, 2.05) is 0 Å². The molecule has 1 amide bonds. The number of hydrogen-bond donors (Lipinski definition) is 1. The van der Waals surface area contributed by atoms with Gasteiger partial charge in [-0.15, -0.1) is 0 Å². The van der Waals surface area contributed by atoms with Crippen molar-refractivity contribution >= 4 is 5.91 Å². The Morgan fingerprint density at radius 1 is 1.05 bits per heavy atom. The summed E-state index contributed by atoms with van der Waals surface area (Å²) in [6.07, 6.45) is 15.0. The predicted octanol–water partition coefficient (Wildman–Crippen LogP) is 4.34. The van der Waals surface area contributed by atoms with E-state index >= 15 is 0 Å². The van der Waals surface area contributed by atoms with Gasteiger partial charge in [0, 0.05) is 18.9 Å². The van der Waals surface area contributed by atoms with Crippen molar-refractivity contribution in [3.63, 3.8) is 0 Å². The molecule has 0 saturated heterocycles. The van der Waals surface area contributed by atoms with Crippen molar-refractivity contribution in [2.24, 2.45) is 0 Å². The molecule has 0 saturated carbocycles. The minimum absolute atomic E-state index is 0.0161. The van der Waals surface area contributed by atoms with Crippen LogP contribution in [0.4, 0.5) is 0 Å². The van der Waals surface area contributed by atoms with Crippen molar-refractivity contribution in [2.75, 3.05) is 6.54 Å². The maximum absolute atomic E-state index is 11.7. The SMILES string of the molecule is CCCCCCCCCCCNC(=O)c1cccnc1. The van der Waals surface area contributed by atoms with E-state index in [-0.39, 0.29) is 5.91 Å². The zero-order valence-corrected chi connectivity index (χ0v) is 12.7. The van der Waals surface area contributed by atoms with Gasteiger partial charge in [-0.1, -0.05) is 58.3 Å². The summed E-state index contributed by atoms with van der Waals surface area (Å²) in [7, 11) is 0. The van der Waals surface area contributed by atoms with Gasteiger partial charge < -0.3 is 5.32 Å². The lowest BCUT2D eigenvalue weighted by atomic mass is 10.1. The van der Waals surface area contributed by atoms with E-state index in [2.05, 4.69) is 17.2 Å². The highest BCUT2D eigenvalue weighted by atomic mass is 16.1. The molecule has 0 aromatic carbocycles. The Kier molecular flexibility index (Phi) is 9.54. The molecule has 0 unspecified atom stereocenters. The van der Waals surface area contributed by atoms with E-state index in [4.69, 9.17) is 0 Å². The molecule has 0 aliphatic heterocycles. The number of unbranched alkanes of at least 4 members (excludes halogenated alkanes) is 8. The van der Waals surface area contributed by atoms with E-state index < -0.39 is 0 Å². The Hall–Kier alpha value is -1.38. The first-order valence-electron chi connectivity index (χ1n) is 8.03. The number of nitrogens with one attached hydrogen (secondary N) is 1. The van der Waals surface area contributed by atoms with Gasteiger partial charge in [0.25, 0.3) is 5.91 Å². The third-order valence-corrected chi connectivity index (χ3v) is 3.49. The molecule has 20 heavy (non-hydrogen) atoms. The van der Waals surface area contributed by atoms with Crippen LogP contribution in [0, 0.1) is 0 Å². The molecule has 0 bridgehead atoms. The van der Waals surface area contributed by atoms with Crippen molar-refractivity contribution in [1.29, 1.82) is 0 Å². The van der Waals surface area contributed by atoms with E-state index in [0.717, 1.165) is 13.0 Å². The van der Waals surface area contributed by atoms with Crippen LogP contribution in [0.1, 0.15) is 75.1 Å². The fraction of sp³-hybridized carbons (Fsp3) is 0.647. The number of carbonyl (C=O) groups is 1. The Bertz CT molecular complexity index is 351. The van der Waals surface area contributed by atoms with Crippen molar-refractivity contribution in [1.82, 2.24) is 10.3 Å². The van der Waals surface area contributed by atoms with E-state index in [9.17, 15) is 4.79 Å². The van der Waals surface area contributed by atoms with Crippen LogP contribution < -0.4 is 5.32 Å². The fourth-order valence-electron chi connectivity index (χ4n) is 2.24. The molecule has 0 fully saturated rings. The Morgan fingerprint density at radius 3 is 2.30 bits per heavy atom. The number of nitrogens with zero attached hydrogens (tertiary/aromatic N) is 1. The monoisotopic (exact) mass is 276 g/mol. The van der Waals surface area contributed by atoms with Gasteiger partial charge in [-0.3, -0.25) is 9.78 Å². The second-order valence-electron chi connectivity index (χ2n) is 5.33. The first kappa shape index (κ1) is 16.7. The van der Waals surface area contributed by atoms with Crippen molar-refractivity contribution in [3.05, 3.63) is 30.1 Å². The number of hydrogen-bond acceptors (Lipinski definition) is 2. The van der Waals surface area contributed by atoms with Crippen LogP contribution in [0.2, 0.25) is 0 Å². The normalized spacial score (nSPS) is 10.4. The van der Waals surface area contributed by atoms with E-state index in [0.29, 0.717) is 5.56 Å². The smallest absolute Gasteiger partial charge is 0.252 e. The molecule has 0 aliphatic rings. The van der Waals surface area contributed by atoms with Crippen LogP contribution in [0.15, 0.2) is 24.5 Å². The molecule has 0 atom stereocenters. The Morgan fingerprint density at radius 2 is 1.70 bits per heavy atom. The maximum atomic E-state index is 11.7. The molecular formula is C17H28N2O. The molecule has 1 aromatic heterocycles. The molecule has 3 nitrogen and oxygen atoms in total. The highest BCUT2D eigenvalue weighted by Crippen LogP contribution is 2.09. The summed E-state index contributed by atoms with van der Waals surface area (Å²) in [5.41, 5.74) is 0.642. The summed E-state index contributed by atoms with van der Waals surface area (Å²) < 4.78 is 0. The van der Waals surface area contributed by atoms with Crippen LogP contribution in [-0.4, -0.2) is 17.4 Å². The minimum atomic E-state index is -0.0161. The average molecular weight is 276 g/mol. The first-order valence-corrected chi connectivity index (χ1v) is 8.03. The molecule has 1 rings (SSSR count). The van der Waals surface area contributed by atoms with Crippen LogP contribution in [-0.2, 0) is 0 Å². The average Bonchev–Trinajstić information content (AvgIpc) is 2.50. The topological polar surface area (TPSA) is 42.0 Å². The predicted molar refractivity (Wildman–Crippen MR) is 83.8 cm³/mol. The second-order valence-corrected chi connectivity index (χ2v) is 5.33. The third-order valence-electron chi connectivity index (χ3n) is 3.49. The zero-order chi connectivity index (χ0) is 14.5. The number of amides is 1. The summed E-state index contributed by atoms with van der Waals surface area (Å²) >= 11 is 0. The lowest BCUT2D eigenvalue weighted by Crippen LogP contribution is -2.24. The fourth-order valence-corrected chi connectivity index (χ4v) is 2.24. The summed E-state index contributed by atoms with van der Waals surface area (Å²) in [5.74, 6) is -0.0161. The first-order chi connectivity index (χ1) is 9.84. The van der Waals surface area contributed by atoms with Crippen LogP contribution >= 0.6 is 0 Å². The van der Waals surface area contributed by atoms with Gasteiger partial charge in [-0.25, -0.2) is 0 Å². The molecule has 112 valence electrons. The van der Waals surface area contributed by atoms with Crippen molar-refractivity contribution < 1.29 is 4.79 Å². The van der Waals surface area contributed by atoms with Gasteiger partial charge in [0.15, 0.2) is 0 Å². The van der Waals surface area contributed by atoms with Crippen LogP contribution in [0.3, 0.4) is 0 Å². The highest BCUT2D eigenvalue weighted by Gasteiger charge is 2.03. The number of carbonyl (C=O) groups excluding carboxylic acids is 1. The van der Waals surface area contributed by atoms with Crippen molar-refractivity contribution in [2.45, 2.75) is 64.7 Å². The summed E-state index contributed by atoms with van der Waals surface area (Å²) in [6.45, 7) is 3.02. The quantitative estimate of drug-likeness (QED) is 0.611. The lowest BCUT2D eigenvalue weighted by Gasteiger charge is -2.05. The van der Waals surface area contributed by atoms with E-state index in [1.165, 1.54) is 51.4 Å². The lowest BCUT2D eigenvalue weighted by molar-refractivity contribution is 0.0952. The number of rotatable bonds is 11. The Balaban J connectivity index is 1.91. The number of pyridine rings is 1. The molecule has 0 spiro atoms. The minimum Gasteiger partial charge on any atom is -0.352 e. The molecule has 1 heterocycles. The standard InChI is InChI=1S/C17H28N2O/c1-2-3-4-5-6-7-8-9-10-14-19-17(20)16-12-11-13-18-15-16/h11-13,15H,2-10,14H2,1H3,(H,19,20). The van der Waals surface area contributed by atoms with E-state index in [1.54, 1.807) is 24.5 Å². The Labute approximate surface area is 123 Å². The summed E-state index contributed by atoms with van der Waals surface area (Å²) in [4.78, 5) is 15.7. The third kappa shape index (κ3) is 7.93. The largest absolute Gasteiger partial charge is 0.352 e. The second kappa shape index (κ2) is 11.4. The van der Waals surface area contributed by atoms with Gasteiger partial charge >= 0.3 is 0 Å². The van der Waals surface area contributed by atoms with Gasteiger partial charge in [-0.05, 0) is 18.6 Å². The summed E-state index contributed by atoms with van der Waals surface area (Å²) in [5, 5.41) is 2.94. The van der Waals surface area contributed by atoms with Crippen LogP contribution in [0.25, 0.3) is 0 Å². The molecule has 1 N–H and O–H groups in total.